The molecule has 3 atom stereocenters. The van der Waals surface area contributed by atoms with Gasteiger partial charge in [-0.25, -0.2) is 4.79 Å². The van der Waals surface area contributed by atoms with Crippen molar-refractivity contribution in [2.75, 3.05) is 6.54 Å². The first-order valence-corrected chi connectivity index (χ1v) is 6.96. The van der Waals surface area contributed by atoms with Crippen molar-refractivity contribution < 1.29 is 13.9 Å². The predicted molar refractivity (Wildman–Crippen MR) is 69.0 cm³/mol. The number of rotatable bonds is 2. The van der Waals surface area contributed by atoms with E-state index in [2.05, 4.69) is 15.5 Å². The van der Waals surface area contributed by atoms with Crippen molar-refractivity contribution in [3.63, 3.8) is 0 Å². The van der Waals surface area contributed by atoms with Crippen molar-refractivity contribution in [2.24, 2.45) is 11.8 Å². The maximum absolute atomic E-state index is 12.3. The molecule has 3 aliphatic heterocycles. The van der Waals surface area contributed by atoms with Crippen molar-refractivity contribution in [1.29, 1.82) is 0 Å². The van der Waals surface area contributed by atoms with E-state index < -0.39 is 5.97 Å². The Kier molecular flexibility index (Phi) is 2.70. The number of ether oxygens (including phenoxy) is 1. The van der Waals surface area contributed by atoms with Crippen LogP contribution in [0, 0.1) is 11.8 Å². The van der Waals surface area contributed by atoms with Crippen molar-refractivity contribution in [3.05, 3.63) is 24.3 Å². The van der Waals surface area contributed by atoms with Gasteiger partial charge in [-0.3, -0.25) is 5.32 Å². The Morgan fingerprint density at radius 2 is 2.35 bits per heavy atom. The van der Waals surface area contributed by atoms with E-state index in [4.69, 9.17) is 9.15 Å². The summed E-state index contributed by atoms with van der Waals surface area (Å²) in [5, 5.41) is 11.1. The molecular formula is C14H15N3O3. The smallest absolute Gasteiger partial charge is 0.361 e. The number of hydrogen-bond acceptors (Lipinski definition) is 6. The summed E-state index contributed by atoms with van der Waals surface area (Å²) in [6.07, 6.45) is 6.37. The third-order valence-electron chi connectivity index (χ3n) is 4.39. The summed E-state index contributed by atoms with van der Waals surface area (Å²) in [6.45, 7) is 0.936. The Labute approximate surface area is 115 Å². The molecule has 1 saturated heterocycles. The molecule has 0 amide bonds. The molecule has 0 aromatic heterocycles. The van der Waals surface area contributed by atoms with Crippen LogP contribution in [0.25, 0.3) is 11.3 Å². The Morgan fingerprint density at radius 3 is 3.30 bits per heavy atom. The molecule has 4 rings (SSSR count). The van der Waals surface area contributed by atoms with Gasteiger partial charge in [0, 0.05) is 18.5 Å². The second-order valence-corrected chi connectivity index (χ2v) is 5.49. The van der Waals surface area contributed by atoms with Crippen LogP contribution in [0.5, 0.6) is 0 Å². The second kappa shape index (κ2) is 4.56. The van der Waals surface area contributed by atoms with Gasteiger partial charge in [-0.15, -0.1) is 10.2 Å². The number of esters is 1. The fourth-order valence-corrected chi connectivity index (χ4v) is 3.37. The third-order valence-corrected chi connectivity index (χ3v) is 4.39. The number of aromatic nitrogens is 2. The van der Waals surface area contributed by atoms with Crippen LogP contribution in [0.2, 0.25) is 0 Å². The molecule has 0 aromatic carbocycles. The summed E-state index contributed by atoms with van der Waals surface area (Å²) in [6, 6.07) is 1.68. The minimum Gasteiger partial charge on any atom is -0.472 e. The van der Waals surface area contributed by atoms with Crippen LogP contribution in [0.4, 0.5) is 0 Å². The zero-order chi connectivity index (χ0) is 13.5. The molecule has 0 aromatic rings. The van der Waals surface area contributed by atoms with E-state index in [0.717, 1.165) is 13.0 Å². The number of hydrogen-bond donors (Lipinski definition) is 1. The molecule has 6 heteroatoms. The summed E-state index contributed by atoms with van der Waals surface area (Å²) < 4.78 is 10.7. The first-order chi connectivity index (χ1) is 9.83. The van der Waals surface area contributed by atoms with Crippen LogP contribution in [0.3, 0.4) is 0 Å². The van der Waals surface area contributed by atoms with Gasteiger partial charge in [0.25, 0.3) is 0 Å². The normalized spacial score (nSPS) is 28.7. The summed E-state index contributed by atoms with van der Waals surface area (Å²) in [4.78, 5) is 12.3. The summed E-state index contributed by atoms with van der Waals surface area (Å²) in [5.74, 6) is 0.655. The molecule has 1 N–H and O–H groups in total. The standard InChI is InChI=1S/C14H15N3O3/c18-14(12-10-7-19-5-4-11(10)16-17-12)20-13-9-3-1-2-8(9)6-15-13/h4-5,7-9,13,15H,1-3,6H2. The molecule has 104 valence electrons. The first-order valence-electron chi connectivity index (χ1n) is 6.96. The van der Waals surface area contributed by atoms with Gasteiger partial charge < -0.3 is 9.15 Å². The van der Waals surface area contributed by atoms with Crippen LogP contribution in [-0.2, 0) is 4.74 Å². The fourth-order valence-electron chi connectivity index (χ4n) is 3.37. The number of nitrogens with one attached hydrogen (secondary N) is 1. The molecule has 2 fully saturated rings. The van der Waals surface area contributed by atoms with Gasteiger partial charge in [-0.1, -0.05) is 6.42 Å². The van der Waals surface area contributed by atoms with Gasteiger partial charge >= 0.3 is 5.97 Å². The Hall–Kier alpha value is -1.95. The maximum Gasteiger partial charge on any atom is 0.361 e. The highest BCUT2D eigenvalue weighted by atomic mass is 16.6. The van der Waals surface area contributed by atoms with E-state index in [9.17, 15) is 4.79 Å². The Bertz CT molecular complexity index is 612. The highest BCUT2D eigenvalue weighted by Gasteiger charge is 2.41. The molecule has 20 heavy (non-hydrogen) atoms. The molecule has 1 saturated carbocycles. The Balaban J connectivity index is 1.53. The highest BCUT2D eigenvalue weighted by Crippen LogP contribution is 2.38. The molecular weight excluding hydrogens is 258 g/mol. The average Bonchev–Trinajstić information content (AvgIpc) is 3.14. The van der Waals surface area contributed by atoms with E-state index in [1.54, 1.807) is 6.07 Å². The monoisotopic (exact) mass is 273 g/mol. The van der Waals surface area contributed by atoms with Crippen LogP contribution >= 0.6 is 0 Å². The molecule has 0 spiro atoms. The number of fused-ring (bicyclic) bond motifs is 2. The third kappa shape index (κ3) is 1.79. The number of carbonyl (C=O) groups excluding carboxylic acids is 1. The minimum absolute atomic E-state index is 0.192. The van der Waals surface area contributed by atoms with Gasteiger partial charge in [0.1, 0.15) is 12.0 Å². The summed E-state index contributed by atoms with van der Waals surface area (Å²) >= 11 is 0. The van der Waals surface area contributed by atoms with E-state index in [1.165, 1.54) is 25.4 Å². The van der Waals surface area contributed by atoms with E-state index in [0.29, 0.717) is 23.1 Å². The number of nitrogens with zero attached hydrogens (tertiary/aromatic N) is 2. The number of carbonyl (C=O) groups is 1. The van der Waals surface area contributed by atoms with Gasteiger partial charge in [0.2, 0.25) is 0 Å². The minimum atomic E-state index is -0.432. The molecule has 6 nitrogen and oxygen atoms in total. The van der Waals surface area contributed by atoms with Crippen LogP contribution in [0.15, 0.2) is 23.0 Å². The lowest BCUT2D eigenvalue weighted by molar-refractivity contribution is 0.0125. The average molecular weight is 273 g/mol. The molecule has 1 aliphatic carbocycles. The lowest BCUT2D eigenvalue weighted by atomic mass is 9.99. The van der Waals surface area contributed by atoms with Gasteiger partial charge in [0.05, 0.1) is 11.8 Å². The zero-order valence-electron chi connectivity index (χ0n) is 10.9. The predicted octanol–water partition coefficient (Wildman–Crippen LogP) is 1.68. The molecule has 3 unspecified atom stereocenters. The quantitative estimate of drug-likeness (QED) is 0.839. The Morgan fingerprint density at radius 1 is 1.40 bits per heavy atom. The van der Waals surface area contributed by atoms with Crippen molar-refractivity contribution in [3.8, 4) is 11.3 Å². The van der Waals surface area contributed by atoms with E-state index in [1.807, 2.05) is 0 Å². The van der Waals surface area contributed by atoms with Crippen molar-refractivity contribution in [2.45, 2.75) is 25.5 Å². The largest absolute Gasteiger partial charge is 0.472 e. The van der Waals surface area contributed by atoms with Crippen molar-refractivity contribution in [1.82, 2.24) is 15.5 Å². The highest BCUT2D eigenvalue weighted by molar-refractivity contribution is 5.94. The lowest BCUT2D eigenvalue weighted by Crippen LogP contribution is -2.32. The topological polar surface area (TPSA) is 77.2 Å². The SMILES string of the molecule is O=C(OC1NCC2CCCC21)c1nnc2ccocc1-2. The molecule has 0 bridgehead atoms. The maximum atomic E-state index is 12.3. The summed E-state index contributed by atoms with van der Waals surface area (Å²) in [7, 11) is 0. The summed E-state index contributed by atoms with van der Waals surface area (Å²) in [5.41, 5.74) is 1.47. The molecule has 0 radical (unpaired) electrons. The van der Waals surface area contributed by atoms with Gasteiger partial charge in [-0.2, -0.15) is 0 Å². The van der Waals surface area contributed by atoms with Gasteiger partial charge in [-0.05, 0) is 18.8 Å². The van der Waals surface area contributed by atoms with Crippen LogP contribution in [0.1, 0.15) is 29.8 Å². The van der Waals surface area contributed by atoms with E-state index >= 15 is 0 Å². The fraction of sp³-hybridized carbons (Fsp3) is 0.500. The van der Waals surface area contributed by atoms with Crippen LogP contribution < -0.4 is 5.32 Å². The molecule has 3 heterocycles. The lowest BCUT2D eigenvalue weighted by Gasteiger charge is -2.18. The molecule has 4 aliphatic rings. The van der Waals surface area contributed by atoms with Gasteiger partial charge in [0.15, 0.2) is 11.9 Å². The van der Waals surface area contributed by atoms with E-state index in [-0.39, 0.29) is 11.9 Å². The van der Waals surface area contributed by atoms with Crippen molar-refractivity contribution >= 4 is 5.97 Å². The first kappa shape index (κ1) is 11.8. The zero-order valence-corrected chi connectivity index (χ0v) is 10.9. The van der Waals surface area contributed by atoms with Crippen LogP contribution in [-0.4, -0.2) is 28.9 Å². The second-order valence-electron chi connectivity index (χ2n) is 5.49.